The highest BCUT2D eigenvalue weighted by Crippen LogP contribution is 2.15. The maximum Gasteiger partial charge on any atom is 0.310 e. The predicted molar refractivity (Wildman–Crippen MR) is 82.3 cm³/mol. The van der Waals surface area contributed by atoms with Gasteiger partial charge in [-0.15, -0.1) is 0 Å². The minimum Gasteiger partial charge on any atom is -0.473 e. The fourth-order valence-corrected chi connectivity index (χ4v) is 1.90. The van der Waals surface area contributed by atoms with Crippen molar-refractivity contribution in [2.24, 2.45) is 5.41 Å². The molecule has 1 aromatic carbocycles. The first-order chi connectivity index (χ1) is 10.1. The van der Waals surface area contributed by atoms with E-state index < -0.39 is 0 Å². The molecule has 2 aromatic rings. The third-order valence-electron chi connectivity index (χ3n) is 3.05. The Bertz CT molecular complexity index is 608. The zero-order chi connectivity index (χ0) is 15.1. The molecule has 1 aromatic heterocycles. The van der Waals surface area contributed by atoms with Crippen LogP contribution in [-0.2, 0) is 6.54 Å². The van der Waals surface area contributed by atoms with Crippen LogP contribution in [0, 0.1) is 5.41 Å². The smallest absolute Gasteiger partial charge is 0.310 e. The zero-order valence-electron chi connectivity index (χ0n) is 12.4. The molecule has 1 heterocycles. The number of nitrogens with zero attached hydrogens (tertiary/aromatic N) is 1. The van der Waals surface area contributed by atoms with Gasteiger partial charge in [0.25, 0.3) is 5.88 Å². The SMILES string of the molecule is CC(C)(CNCc1ccccc1)COc1ncc[nH]c1=O. The highest BCUT2D eigenvalue weighted by Gasteiger charge is 2.19. The third-order valence-corrected chi connectivity index (χ3v) is 3.05. The summed E-state index contributed by atoms with van der Waals surface area (Å²) in [5.74, 6) is 0.119. The largest absolute Gasteiger partial charge is 0.473 e. The van der Waals surface area contributed by atoms with Gasteiger partial charge in [-0.05, 0) is 5.56 Å². The van der Waals surface area contributed by atoms with E-state index in [1.165, 1.54) is 18.0 Å². The monoisotopic (exact) mass is 287 g/mol. The van der Waals surface area contributed by atoms with Crippen LogP contribution in [0.5, 0.6) is 5.88 Å². The van der Waals surface area contributed by atoms with Gasteiger partial charge >= 0.3 is 5.56 Å². The van der Waals surface area contributed by atoms with Crippen LogP contribution in [0.4, 0.5) is 0 Å². The molecule has 21 heavy (non-hydrogen) atoms. The molecule has 0 amide bonds. The van der Waals surface area contributed by atoms with E-state index in [1.807, 2.05) is 18.2 Å². The van der Waals surface area contributed by atoms with Crippen LogP contribution in [0.2, 0.25) is 0 Å². The van der Waals surface area contributed by atoms with Crippen molar-refractivity contribution in [3.05, 3.63) is 58.6 Å². The van der Waals surface area contributed by atoms with Crippen LogP contribution in [0.3, 0.4) is 0 Å². The molecule has 2 rings (SSSR count). The van der Waals surface area contributed by atoms with E-state index in [1.54, 1.807) is 0 Å². The molecule has 0 fully saturated rings. The van der Waals surface area contributed by atoms with E-state index in [9.17, 15) is 4.79 Å². The number of aromatic nitrogens is 2. The fourth-order valence-electron chi connectivity index (χ4n) is 1.90. The van der Waals surface area contributed by atoms with Gasteiger partial charge in [0.15, 0.2) is 0 Å². The average Bonchev–Trinajstić information content (AvgIpc) is 2.47. The van der Waals surface area contributed by atoms with Crippen molar-refractivity contribution in [2.45, 2.75) is 20.4 Å². The number of benzene rings is 1. The Morgan fingerprint density at radius 2 is 2.05 bits per heavy atom. The number of hydrogen-bond acceptors (Lipinski definition) is 4. The first-order valence-corrected chi connectivity index (χ1v) is 6.98. The maximum absolute atomic E-state index is 11.5. The van der Waals surface area contributed by atoms with Gasteiger partial charge < -0.3 is 15.0 Å². The van der Waals surface area contributed by atoms with Crippen LogP contribution < -0.4 is 15.6 Å². The average molecular weight is 287 g/mol. The van der Waals surface area contributed by atoms with E-state index in [0.717, 1.165) is 13.1 Å². The summed E-state index contributed by atoms with van der Waals surface area (Å²) in [6, 6.07) is 10.2. The summed E-state index contributed by atoms with van der Waals surface area (Å²) in [5.41, 5.74) is 0.847. The van der Waals surface area contributed by atoms with Crippen molar-refractivity contribution < 1.29 is 4.74 Å². The molecule has 0 unspecified atom stereocenters. The lowest BCUT2D eigenvalue weighted by Crippen LogP contribution is -2.34. The summed E-state index contributed by atoms with van der Waals surface area (Å²) in [6.45, 7) is 6.19. The number of ether oxygens (including phenoxy) is 1. The van der Waals surface area contributed by atoms with E-state index in [2.05, 4.69) is 41.3 Å². The van der Waals surface area contributed by atoms with E-state index >= 15 is 0 Å². The van der Waals surface area contributed by atoms with Crippen molar-refractivity contribution in [1.82, 2.24) is 15.3 Å². The number of nitrogens with one attached hydrogen (secondary N) is 2. The Hall–Kier alpha value is -2.14. The second kappa shape index (κ2) is 7.04. The Morgan fingerprint density at radius 3 is 2.76 bits per heavy atom. The lowest BCUT2D eigenvalue weighted by molar-refractivity contribution is 0.168. The first kappa shape index (κ1) is 15.3. The topological polar surface area (TPSA) is 67.0 Å². The zero-order valence-corrected chi connectivity index (χ0v) is 12.4. The van der Waals surface area contributed by atoms with Gasteiger partial charge in [-0.2, -0.15) is 0 Å². The molecule has 0 aliphatic heterocycles. The van der Waals surface area contributed by atoms with Crippen LogP contribution in [0.1, 0.15) is 19.4 Å². The minimum atomic E-state index is -0.300. The molecule has 2 N–H and O–H groups in total. The molecule has 0 bridgehead atoms. The van der Waals surface area contributed by atoms with E-state index in [4.69, 9.17) is 4.74 Å². The standard InChI is InChI=1S/C16H21N3O2/c1-16(2,11-17-10-13-6-4-3-5-7-13)12-21-15-14(20)18-8-9-19-15/h3-9,17H,10-12H2,1-2H3,(H,18,20). The van der Waals surface area contributed by atoms with Crippen molar-refractivity contribution in [3.8, 4) is 5.88 Å². The van der Waals surface area contributed by atoms with Crippen molar-refractivity contribution in [3.63, 3.8) is 0 Å². The molecule has 0 aliphatic rings. The van der Waals surface area contributed by atoms with Gasteiger partial charge in [0.05, 0.1) is 6.61 Å². The fraction of sp³-hybridized carbons (Fsp3) is 0.375. The van der Waals surface area contributed by atoms with Crippen LogP contribution in [0.15, 0.2) is 47.5 Å². The molecule has 0 spiro atoms. The normalized spacial score (nSPS) is 11.3. The van der Waals surface area contributed by atoms with Gasteiger partial charge in [0, 0.05) is 30.9 Å². The summed E-state index contributed by atoms with van der Waals surface area (Å²) in [6.07, 6.45) is 3.00. The number of aromatic amines is 1. The molecule has 0 saturated heterocycles. The number of rotatable bonds is 7. The highest BCUT2D eigenvalue weighted by atomic mass is 16.5. The molecule has 0 atom stereocenters. The lowest BCUT2D eigenvalue weighted by atomic mass is 9.95. The molecule has 5 nitrogen and oxygen atoms in total. The van der Waals surface area contributed by atoms with Gasteiger partial charge in [0.1, 0.15) is 0 Å². The van der Waals surface area contributed by atoms with Crippen molar-refractivity contribution >= 4 is 0 Å². The summed E-state index contributed by atoms with van der Waals surface area (Å²) < 4.78 is 5.51. The van der Waals surface area contributed by atoms with Gasteiger partial charge in [-0.25, -0.2) is 4.98 Å². The Kier molecular flexibility index (Phi) is 5.11. The van der Waals surface area contributed by atoms with Gasteiger partial charge in [-0.1, -0.05) is 44.2 Å². The number of hydrogen-bond donors (Lipinski definition) is 2. The predicted octanol–water partition coefficient (Wildman–Crippen LogP) is 1.96. The minimum absolute atomic E-state index is 0.0985. The number of H-pyrrole nitrogens is 1. The Labute approximate surface area is 124 Å². The van der Waals surface area contributed by atoms with Crippen LogP contribution >= 0.6 is 0 Å². The summed E-state index contributed by atoms with van der Waals surface area (Å²) in [4.78, 5) is 17.9. The Balaban J connectivity index is 1.79. The molecule has 0 aliphatic carbocycles. The molecule has 0 saturated carbocycles. The first-order valence-electron chi connectivity index (χ1n) is 6.98. The summed E-state index contributed by atoms with van der Waals surface area (Å²) >= 11 is 0. The van der Waals surface area contributed by atoms with E-state index in [-0.39, 0.29) is 16.9 Å². The molecular formula is C16H21N3O2. The quantitative estimate of drug-likeness (QED) is 0.817. The lowest BCUT2D eigenvalue weighted by Gasteiger charge is -2.24. The van der Waals surface area contributed by atoms with E-state index in [0.29, 0.717) is 6.61 Å². The Morgan fingerprint density at radius 1 is 1.29 bits per heavy atom. The third kappa shape index (κ3) is 5.04. The molecule has 112 valence electrons. The van der Waals surface area contributed by atoms with Crippen molar-refractivity contribution in [2.75, 3.05) is 13.2 Å². The second-order valence-corrected chi connectivity index (χ2v) is 5.77. The molecule has 5 heteroatoms. The molecular weight excluding hydrogens is 266 g/mol. The summed E-state index contributed by atoms with van der Waals surface area (Å²) in [7, 11) is 0. The van der Waals surface area contributed by atoms with Gasteiger partial charge in [0.2, 0.25) is 0 Å². The summed E-state index contributed by atoms with van der Waals surface area (Å²) in [5, 5.41) is 3.41. The molecule has 0 radical (unpaired) electrons. The highest BCUT2D eigenvalue weighted by molar-refractivity contribution is 5.14. The van der Waals surface area contributed by atoms with Crippen molar-refractivity contribution in [1.29, 1.82) is 0 Å². The van der Waals surface area contributed by atoms with Gasteiger partial charge in [-0.3, -0.25) is 4.79 Å². The second-order valence-electron chi connectivity index (χ2n) is 5.77. The van der Waals surface area contributed by atoms with Crippen LogP contribution in [-0.4, -0.2) is 23.1 Å². The van der Waals surface area contributed by atoms with Crippen LogP contribution in [0.25, 0.3) is 0 Å². The maximum atomic E-state index is 11.5.